The molecule has 6 heteroatoms. The van der Waals surface area contributed by atoms with Crippen LogP contribution in [0.15, 0.2) is 67.4 Å². The van der Waals surface area contributed by atoms with Crippen LogP contribution >= 0.6 is 0 Å². The summed E-state index contributed by atoms with van der Waals surface area (Å²) in [4.78, 5) is 11.9. The van der Waals surface area contributed by atoms with Crippen molar-refractivity contribution in [3.63, 3.8) is 0 Å². The second kappa shape index (κ2) is 5.70. The van der Waals surface area contributed by atoms with Crippen molar-refractivity contribution in [3.8, 4) is 28.1 Å². The Hall–Kier alpha value is -3.67. The van der Waals surface area contributed by atoms with Gasteiger partial charge in [-0.25, -0.2) is 4.52 Å². The fraction of sp³-hybridized carbons (Fsp3) is 0.0500. The molecule has 126 valence electrons. The third-order valence-corrected chi connectivity index (χ3v) is 4.53. The molecule has 5 rings (SSSR count). The van der Waals surface area contributed by atoms with Crippen molar-refractivity contribution >= 4 is 16.6 Å². The number of ether oxygens (including phenoxy) is 1. The normalized spacial score (nSPS) is 11.3. The van der Waals surface area contributed by atoms with Crippen molar-refractivity contribution in [1.29, 1.82) is 0 Å². The molecule has 6 nitrogen and oxygen atoms in total. The Morgan fingerprint density at radius 2 is 2.00 bits per heavy atom. The maximum Gasteiger partial charge on any atom is 0.214 e. The lowest BCUT2D eigenvalue weighted by Crippen LogP contribution is -1.88. The average molecular weight is 341 g/mol. The van der Waals surface area contributed by atoms with Crippen LogP contribution in [0.2, 0.25) is 0 Å². The Labute approximate surface area is 149 Å². The average Bonchev–Trinajstić information content (AvgIpc) is 3.31. The van der Waals surface area contributed by atoms with Gasteiger partial charge in [0.05, 0.1) is 18.8 Å². The highest BCUT2D eigenvalue weighted by Gasteiger charge is 2.12. The van der Waals surface area contributed by atoms with Crippen LogP contribution in [-0.2, 0) is 0 Å². The van der Waals surface area contributed by atoms with Crippen molar-refractivity contribution in [2.75, 3.05) is 7.11 Å². The third kappa shape index (κ3) is 2.23. The predicted molar refractivity (Wildman–Crippen MR) is 100 cm³/mol. The molecular formula is C20H15N5O. The highest BCUT2D eigenvalue weighted by molar-refractivity contribution is 5.95. The zero-order chi connectivity index (χ0) is 17.5. The molecule has 1 N–H and O–H groups in total. The van der Waals surface area contributed by atoms with Gasteiger partial charge < -0.3 is 9.72 Å². The van der Waals surface area contributed by atoms with E-state index in [1.165, 1.54) is 0 Å². The number of aromatic amines is 1. The fourth-order valence-corrected chi connectivity index (χ4v) is 3.23. The molecule has 0 aliphatic rings. The van der Waals surface area contributed by atoms with E-state index < -0.39 is 0 Å². The van der Waals surface area contributed by atoms with E-state index in [0.717, 1.165) is 38.8 Å². The van der Waals surface area contributed by atoms with Gasteiger partial charge in [0.25, 0.3) is 0 Å². The highest BCUT2D eigenvalue weighted by atomic mass is 16.5. The van der Waals surface area contributed by atoms with Gasteiger partial charge in [-0.05, 0) is 29.8 Å². The molecule has 5 heterocycles. The molecule has 0 aliphatic carbocycles. The van der Waals surface area contributed by atoms with Crippen molar-refractivity contribution in [2.24, 2.45) is 0 Å². The Balaban J connectivity index is 1.68. The predicted octanol–water partition coefficient (Wildman–Crippen LogP) is 3.95. The molecule has 0 unspecified atom stereocenters. The van der Waals surface area contributed by atoms with Gasteiger partial charge in [0.1, 0.15) is 5.65 Å². The quantitative estimate of drug-likeness (QED) is 0.539. The first-order valence-corrected chi connectivity index (χ1v) is 8.24. The largest absolute Gasteiger partial charge is 0.481 e. The molecule has 0 radical (unpaired) electrons. The van der Waals surface area contributed by atoms with Gasteiger partial charge in [-0.3, -0.25) is 4.98 Å². The van der Waals surface area contributed by atoms with Crippen LogP contribution in [-0.4, -0.2) is 31.7 Å². The molecule has 0 atom stereocenters. The van der Waals surface area contributed by atoms with Crippen LogP contribution in [0.1, 0.15) is 0 Å². The lowest BCUT2D eigenvalue weighted by atomic mass is 10.0. The number of hydrogen-bond acceptors (Lipinski definition) is 4. The summed E-state index contributed by atoms with van der Waals surface area (Å²) < 4.78 is 7.08. The minimum atomic E-state index is 0.594. The van der Waals surface area contributed by atoms with Crippen LogP contribution in [0.5, 0.6) is 5.88 Å². The zero-order valence-electron chi connectivity index (χ0n) is 14.0. The summed E-state index contributed by atoms with van der Waals surface area (Å²) in [6.45, 7) is 0. The first-order chi connectivity index (χ1) is 12.8. The lowest BCUT2D eigenvalue weighted by molar-refractivity contribution is 0.399. The van der Waals surface area contributed by atoms with E-state index in [1.807, 2.05) is 53.6 Å². The van der Waals surface area contributed by atoms with Gasteiger partial charge in [0.2, 0.25) is 5.88 Å². The van der Waals surface area contributed by atoms with Crippen LogP contribution in [0.25, 0.3) is 38.8 Å². The van der Waals surface area contributed by atoms with Gasteiger partial charge in [-0.1, -0.05) is 6.07 Å². The summed E-state index contributed by atoms with van der Waals surface area (Å²) in [6.07, 6.45) is 9.45. The number of aromatic nitrogens is 5. The monoisotopic (exact) mass is 341 g/mol. The summed E-state index contributed by atoms with van der Waals surface area (Å²) in [5.41, 5.74) is 6.13. The molecule has 0 aliphatic heterocycles. The first kappa shape index (κ1) is 14.7. The van der Waals surface area contributed by atoms with Crippen LogP contribution in [0, 0.1) is 0 Å². The molecular weight excluding hydrogens is 326 g/mol. The molecule has 0 saturated carbocycles. The summed E-state index contributed by atoms with van der Waals surface area (Å²) in [6, 6.07) is 12.1. The smallest absolute Gasteiger partial charge is 0.214 e. The van der Waals surface area contributed by atoms with Crippen molar-refractivity contribution < 1.29 is 4.74 Å². The van der Waals surface area contributed by atoms with E-state index in [-0.39, 0.29) is 0 Å². The molecule has 0 bridgehead atoms. The molecule has 26 heavy (non-hydrogen) atoms. The zero-order valence-corrected chi connectivity index (χ0v) is 14.0. The van der Waals surface area contributed by atoms with Crippen LogP contribution in [0.4, 0.5) is 0 Å². The topological polar surface area (TPSA) is 68.1 Å². The highest BCUT2D eigenvalue weighted by Crippen LogP contribution is 2.32. The minimum absolute atomic E-state index is 0.594. The second-order valence-electron chi connectivity index (χ2n) is 6.00. The SMILES string of the molecule is COc1ccc2c(-c3ccn4ncc(-c5cccnc5)c4c3)c[nH]c2n1. The number of nitrogens with one attached hydrogen (secondary N) is 1. The number of hydrogen-bond donors (Lipinski definition) is 1. The van der Waals surface area contributed by atoms with Crippen molar-refractivity contribution in [2.45, 2.75) is 0 Å². The number of methoxy groups -OCH3 is 1. The Morgan fingerprint density at radius 3 is 2.85 bits per heavy atom. The minimum Gasteiger partial charge on any atom is -0.481 e. The number of rotatable bonds is 3. The van der Waals surface area contributed by atoms with Gasteiger partial charge in [-0.15, -0.1) is 0 Å². The summed E-state index contributed by atoms with van der Waals surface area (Å²) in [7, 11) is 1.62. The standard InChI is InChI=1S/C20H15N5O/c1-26-19-5-4-15-16(11-22-20(15)24-19)13-6-8-25-18(9-13)17(12-23-25)14-3-2-7-21-10-14/h2-12H,1H3,(H,22,24). The Morgan fingerprint density at radius 1 is 1.04 bits per heavy atom. The van der Waals surface area contributed by atoms with Gasteiger partial charge >= 0.3 is 0 Å². The number of H-pyrrole nitrogens is 1. The molecule has 5 aromatic rings. The van der Waals surface area contributed by atoms with E-state index in [9.17, 15) is 0 Å². The molecule has 0 saturated heterocycles. The maximum atomic E-state index is 5.20. The van der Waals surface area contributed by atoms with Gasteiger partial charge in [0, 0.05) is 52.9 Å². The number of fused-ring (bicyclic) bond motifs is 2. The summed E-state index contributed by atoms with van der Waals surface area (Å²) >= 11 is 0. The Kier molecular flexibility index (Phi) is 3.21. The molecule has 0 spiro atoms. The van der Waals surface area contributed by atoms with E-state index in [1.54, 1.807) is 13.3 Å². The number of pyridine rings is 3. The van der Waals surface area contributed by atoms with E-state index in [4.69, 9.17) is 4.74 Å². The fourth-order valence-electron chi connectivity index (χ4n) is 3.23. The summed E-state index contributed by atoms with van der Waals surface area (Å²) in [5.74, 6) is 0.594. The molecule has 0 amide bonds. The third-order valence-electron chi connectivity index (χ3n) is 4.53. The molecule has 0 aromatic carbocycles. The van der Waals surface area contributed by atoms with Crippen molar-refractivity contribution in [1.82, 2.24) is 24.6 Å². The van der Waals surface area contributed by atoms with E-state index in [2.05, 4.69) is 32.2 Å². The van der Waals surface area contributed by atoms with Gasteiger partial charge in [-0.2, -0.15) is 10.1 Å². The molecule has 5 aromatic heterocycles. The van der Waals surface area contributed by atoms with E-state index in [0.29, 0.717) is 5.88 Å². The number of nitrogens with zero attached hydrogens (tertiary/aromatic N) is 4. The van der Waals surface area contributed by atoms with Crippen LogP contribution in [0.3, 0.4) is 0 Å². The van der Waals surface area contributed by atoms with Crippen LogP contribution < -0.4 is 4.74 Å². The first-order valence-electron chi connectivity index (χ1n) is 8.24. The maximum absolute atomic E-state index is 5.20. The van der Waals surface area contributed by atoms with Crippen molar-refractivity contribution in [3.05, 3.63) is 67.4 Å². The lowest BCUT2D eigenvalue weighted by Gasteiger charge is -2.04. The molecule has 0 fully saturated rings. The summed E-state index contributed by atoms with van der Waals surface area (Å²) in [5, 5.41) is 5.51. The van der Waals surface area contributed by atoms with E-state index >= 15 is 0 Å². The van der Waals surface area contributed by atoms with Gasteiger partial charge in [0.15, 0.2) is 0 Å². The second-order valence-corrected chi connectivity index (χ2v) is 6.00. The Bertz CT molecular complexity index is 1220.